The van der Waals surface area contributed by atoms with Gasteiger partial charge in [-0.05, 0) is 45.7 Å². The number of hydrogen-bond donors (Lipinski definition) is 0. The van der Waals surface area contributed by atoms with Crippen LogP contribution >= 0.6 is 0 Å². The Bertz CT molecular complexity index is 529. The molecule has 1 amide bonds. The van der Waals surface area contributed by atoms with Crippen molar-refractivity contribution >= 4 is 11.9 Å². The van der Waals surface area contributed by atoms with Crippen LogP contribution < -0.4 is 0 Å². The molecule has 3 atom stereocenters. The van der Waals surface area contributed by atoms with Crippen LogP contribution in [0.4, 0.5) is 0 Å². The Hall–Kier alpha value is -1.14. The lowest BCUT2D eigenvalue weighted by Gasteiger charge is -2.28. The van der Waals surface area contributed by atoms with E-state index in [0.717, 1.165) is 32.4 Å². The Kier molecular flexibility index (Phi) is 21.4. The standard InChI is InChI=1S/C29H58N2O4/c1-8-12-15-18-27(17-14-10-3)24-34-21-19-31(28(32)23-26(6)30(7)11-4)20-22-35-29(33)25(5)16-13-9-2/h25-27H,8-24H2,1-7H3. The minimum atomic E-state index is -0.160. The molecule has 0 bridgehead atoms. The monoisotopic (exact) mass is 498 g/mol. The number of ether oxygens (including phenoxy) is 2. The molecule has 0 aliphatic heterocycles. The lowest BCUT2D eigenvalue weighted by Crippen LogP contribution is -2.41. The molecule has 0 aliphatic carbocycles. The Balaban J connectivity index is 4.78. The second-order valence-corrected chi connectivity index (χ2v) is 10.3. The van der Waals surface area contributed by atoms with E-state index in [0.29, 0.717) is 32.0 Å². The third kappa shape index (κ3) is 17.0. The van der Waals surface area contributed by atoms with Crippen molar-refractivity contribution < 1.29 is 19.1 Å². The molecule has 0 fully saturated rings. The molecular weight excluding hydrogens is 440 g/mol. The van der Waals surface area contributed by atoms with Gasteiger partial charge in [-0.2, -0.15) is 0 Å². The highest BCUT2D eigenvalue weighted by atomic mass is 16.5. The van der Waals surface area contributed by atoms with E-state index in [-0.39, 0.29) is 30.4 Å². The molecule has 0 radical (unpaired) electrons. The zero-order valence-corrected chi connectivity index (χ0v) is 24.3. The van der Waals surface area contributed by atoms with Crippen molar-refractivity contribution in [2.75, 3.05) is 46.5 Å². The average molecular weight is 499 g/mol. The van der Waals surface area contributed by atoms with Gasteiger partial charge in [0.15, 0.2) is 0 Å². The van der Waals surface area contributed by atoms with Gasteiger partial charge in [0.1, 0.15) is 6.61 Å². The molecule has 0 saturated heterocycles. The topological polar surface area (TPSA) is 59.1 Å². The first-order valence-electron chi connectivity index (χ1n) is 14.5. The molecule has 0 aromatic heterocycles. The van der Waals surface area contributed by atoms with Crippen molar-refractivity contribution in [1.29, 1.82) is 0 Å². The van der Waals surface area contributed by atoms with Gasteiger partial charge in [0, 0.05) is 25.6 Å². The predicted molar refractivity (Wildman–Crippen MR) is 147 cm³/mol. The summed E-state index contributed by atoms with van der Waals surface area (Å²) in [5.74, 6) is 0.455. The fraction of sp³-hybridized carbons (Fsp3) is 0.931. The lowest BCUT2D eigenvalue weighted by atomic mass is 9.96. The summed E-state index contributed by atoms with van der Waals surface area (Å²) in [5, 5.41) is 0. The number of carbonyl (C=O) groups excluding carboxylic acids is 2. The number of nitrogens with zero attached hydrogens (tertiary/aromatic N) is 2. The van der Waals surface area contributed by atoms with Gasteiger partial charge in [-0.3, -0.25) is 9.59 Å². The Morgan fingerprint density at radius 3 is 2.03 bits per heavy atom. The highest BCUT2D eigenvalue weighted by molar-refractivity contribution is 5.77. The molecule has 0 aromatic rings. The maximum absolute atomic E-state index is 13.1. The molecule has 3 unspecified atom stereocenters. The van der Waals surface area contributed by atoms with E-state index < -0.39 is 0 Å². The molecule has 0 rings (SSSR count). The maximum atomic E-state index is 13.1. The summed E-state index contributed by atoms with van der Waals surface area (Å²) >= 11 is 0. The quantitative estimate of drug-likeness (QED) is 0.122. The number of amides is 1. The molecule has 6 heteroatoms. The summed E-state index contributed by atoms with van der Waals surface area (Å²) in [6.45, 7) is 16.1. The smallest absolute Gasteiger partial charge is 0.308 e. The zero-order chi connectivity index (χ0) is 26.5. The summed E-state index contributed by atoms with van der Waals surface area (Å²) in [5.41, 5.74) is 0. The van der Waals surface area contributed by atoms with E-state index >= 15 is 0 Å². The van der Waals surface area contributed by atoms with E-state index in [4.69, 9.17) is 9.47 Å². The van der Waals surface area contributed by atoms with Gasteiger partial charge in [0.2, 0.25) is 5.91 Å². The number of hydrogen-bond acceptors (Lipinski definition) is 5. The van der Waals surface area contributed by atoms with E-state index in [1.54, 1.807) is 0 Å². The van der Waals surface area contributed by atoms with Crippen LogP contribution in [0.15, 0.2) is 0 Å². The van der Waals surface area contributed by atoms with Gasteiger partial charge in [0.25, 0.3) is 0 Å². The van der Waals surface area contributed by atoms with Crippen molar-refractivity contribution in [3.8, 4) is 0 Å². The first-order chi connectivity index (χ1) is 16.8. The number of rotatable bonds is 23. The number of carbonyl (C=O) groups is 2. The molecule has 0 aliphatic rings. The minimum Gasteiger partial charge on any atom is -0.464 e. The fourth-order valence-electron chi connectivity index (χ4n) is 4.15. The molecule has 6 nitrogen and oxygen atoms in total. The highest BCUT2D eigenvalue weighted by Crippen LogP contribution is 2.17. The second-order valence-electron chi connectivity index (χ2n) is 10.3. The van der Waals surface area contributed by atoms with Crippen LogP contribution in [0.25, 0.3) is 0 Å². The van der Waals surface area contributed by atoms with Gasteiger partial charge in [-0.15, -0.1) is 0 Å². The van der Waals surface area contributed by atoms with Gasteiger partial charge in [-0.1, -0.05) is 79.6 Å². The van der Waals surface area contributed by atoms with Crippen molar-refractivity contribution in [1.82, 2.24) is 9.80 Å². The Morgan fingerprint density at radius 1 is 0.800 bits per heavy atom. The van der Waals surface area contributed by atoms with Crippen LogP contribution in [0.5, 0.6) is 0 Å². The van der Waals surface area contributed by atoms with Crippen LogP contribution in [0.3, 0.4) is 0 Å². The maximum Gasteiger partial charge on any atom is 0.308 e. The SMILES string of the molecule is CCCCCC(CCCC)COCCN(CCOC(=O)C(C)CCCC)C(=O)CC(C)N(C)CC. The Labute approximate surface area is 217 Å². The second kappa shape index (κ2) is 22.1. The summed E-state index contributed by atoms with van der Waals surface area (Å²) < 4.78 is 11.6. The van der Waals surface area contributed by atoms with Crippen LogP contribution in [-0.4, -0.2) is 74.2 Å². The van der Waals surface area contributed by atoms with Gasteiger partial charge in [0.05, 0.1) is 19.1 Å². The zero-order valence-electron chi connectivity index (χ0n) is 24.3. The van der Waals surface area contributed by atoms with Crippen molar-refractivity contribution in [3.05, 3.63) is 0 Å². The van der Waals surface area contributed by atoms with Crippen molar-refractivity contribution in [2.24, 2.45) is 11.8 Å². The fourth-order valence-corrected chi connectivity index (χ4v) is 4.15. The van der Waals surface area contributed by atoms with E-state index in [9.17, 15) is 9.59 Å². The van der Waals surface area contributed by atoms with E-state index in [2.05, 4.69) is 39.5 Å². The molecule has 0 heterocycles. The summed E-state index contributed by atoms with van der Waals surface area (Å²) in [6, 6.07) is 0.171. The number of unbranched alkanes of at least 4 members (excludes halogenated alkanes) is 4. The third-order valence-electron chi connectivity index (χ3n) is 7.11. The molecule has 0 spiro atoms. The van der Waals surface area contributed by atoms with Crippen molar-refractivity contribution in [3.63, 3.8) is 0 Å². The Morgan fingerprint density at radius 2 is 1.40 bits per heavy atom. The first-order valence-corrected chi connectivity index (χ1v) is 14.5. The third-order valence-corrected chi connectivity index (χ3v) is 7.11. The van der Waals surface area contributed by atoms with Gasteiger partial charge < -0.3 is 19.3 Å². The summed E-state index contributed by atoms with van der Waals surface area (Å²) in [4.78, 5) is 29.3. The average Bonchev–Trinajstić information content (AvgIpc) is 2.85. The van der Waals surface area contributed by atoms with Crippen LogP contribution in [0, 0.1) is 11.8 Å². The highest BCUT2D eigenvalue weighted by Gasteiger charge is 2.20. The molecule has 208 valence electrons. The first kappa shape index (κ1) is 33.9. The van der Waals surface area contributed by atoms with E-state index in [1.807, 2.05) is 18.9 Å². The van der Waals surface area contributed by atoms with Crippen LogP contribution in [0.2, 0.25) is 0 Å². The number of esters is 1. The minimum absolute atomic E-state index is 0.0894. The van der Waals surface area contributed by atoms with Crippen LogP contribution in [-0.2, 0) is 19.1 Å². The molecule has 35 heavy (non-hydrogen) atoms. The summed E-state index contributed by atoms with van der Waals surface area (Å²) in [7, 11) is 2.04. The normalized spacial score (nSPS) is 14.1. The molecule has 0 aromatic carbocycles. The van der Waals surface area contributed by atoms with Crippen LogP contribution in [0.1, 0.15) is 112 Å². The van der Waals surface area contributed by atoms with Gasteiger partial charge in [-0.25, -0.2) is 0 Å². The molecular formula is C29H58N2O4. The molecule has 0 saturated carbocycles. The summed E-state index contributed by atoms with van der Waals surface area (Å²) in [6.07, 6.45) is 12.1. The molecule has 0 N–H and O–H groups in total. The van der Waals surface area contributed by atoms with Gasteiger partial charge >= 0.3 is 5.97 Å². The lowest BCUT2D eigenvalue weighted by molar-refractivity contribution is -0.150. The largest absolute Gasteiger partial charge is 0.464 e. The van der Waals surface area contributed by atoms with E-state index in [1.165, 1.54) is 44.9 Å². The predicted octanol–water partition coefficient (Wildman–Crippen LogP) is 6.32. The van der Waals surface area contributed by atoms with Crippen molar-refractivity contribution in [2.45, 2.75) is 118 Å².